The third-order valence-electron chi connectivity index (χ3n) is 2.01. The summed E-state index contributed by atoms with van der Waals surface area (Å²) < 4.78 is 0. The summed E-state index contributed by atoms with van der Waals surface area (Å²) in [7, 11) is 0. The number of hydrogen-bond acceptors (Lipinski definition) is 2. The molecule has 0 bridgehead atoms. The Hall–Kier alpha value is -0.680. The topological polar surface area (TPSA) is 15.3 Å². The maximum absolute atomic E-state index is 3.31. The number of unbranched alkanes of at least 4 members (excludes halogenated alkanes) is 2. The first-order chi connectivity index (χ1) is 5.93. The van der Waals surface area contributed by atoms with Crippen LogP contribution in [-0.4, -0.2) is 31.1 Å². The molecule has 1 aliphatic rings. The van der Waals surface area contributed by atoms with Gasteiger partial charge in [0.1, 0.15) is 0 Å². The standard InChI is InChI=1S/C10H18N2/c1-2-3-4-5-8-12-9-6-11-7-10-12/h11H,2-4,6-7,9-10H2,1H3. The Morgan fingerprint density at radius 1 is 1.33 bits per heavy atom. The van der Waals surface area contributed by atoms with Crippen molar-refractivity contribution in [3.05, 3.63) is 0 Å². The Morgan fingerprint density at radius 3 is 2.75 bits per heavy atom. The number of rotatable bonds is 2. The van der Waals surface area contributed by atoms with E-state index in [2.05, 4.69) is 29.1 Å². The van der Waals surface area contributed by atoms with Gasteiger partial charge in [0.05, 0.1) is 0 Å². The lowest BCUT2D eigenvalue weighted by atomic mass is 10.3. The quantitative estimate of drug-likeness (QED) is 0.487. The van der Waals surface area contributed by atoms with E-state index in [1.165, 1.54) is 12.8 Å². The van der Waals surface area contributed by atoms with Crippen LogP contribution in [0.15, 0.2) is 0 Å². The monoisotopic (exact) mass is 166 g/mol. The Labute approximate surface area is 75.3 Å². The van der Waals surface area contributed by atoms with Crippen LogP contribution in [-0.2, 0) is 0 Å². The summed E-state index contributed by atoms with van der Waals surface area (Å²) in [6, 6.07) is 3.20. The molecule has 0 saturated carbocycles. The van der Waals surface area contributed by atoms with Crippen molar-refractivity contribution < 1.29 is 0 Å². The van der Waals surface area contributed by atoms with Crippen molar-refractivity contribution in [1.29, 1.82) is 0 Å². The second-order valence-corrected chi connectivity index (χ2v) is 3.13. The van der Waals surface area contributed by atoms with E-state index in [4.69, 9.17) is 0 Å². The molecular weight excluding hydrogens is 148 g/mol. The highest BCUT2D eigenvalue weighted by Crippen LogP contribution is 1.92. The lowest BCUT2D eigenvalue weighted by molar-refractivity contribution is 0.341. The first-order valence-corrected chi connectivity index (χ1v) is 4.87. The first-order valence-electron chi connectivity index (χ1n) is 4.87. The maximum Gasteiger partial charge on any atom is 0.0386 e. The Bertz CT molecular complexity index is 160. The molecule has 0 atom stereocenters. The van der Waals surface area contributed by atoms with Crippen molar-refractivity contribution in [3.63, 3.8) is 0 Å². The summed E-state index contributed by atoms with van der Waals surface area (Å²) in [6.07, 6.45) is 3.54. The molecule has 0 aromatic carbocycles. The molecule has 0 aromatic rings. The third-order valence-corrected chi connectivity index (χ3v) is 2.01. The average molecular weight is 166 g/mol. The van der Waals surface area contributed by atoms with Gasteiger partial charge in [0.15, 0.2) is 0 Å². The van der Waals surface area contributed by atoms with Crippen LogP contribution in [0.4, 0.5) is 0 Å². The second kappa shape index (κ2) is 5.91. The van der Waals surface area contributed by atoms with Gasteiger partial charge in [-0.15, -0.1) is 0 Å². The molecule has 2 nitrogen and oxygen atoms in total. The number of hydrogen-bond donors (Lipinski definition) is 1. The second-order valence-electron chi connectivity index (χ2n) is 3.13. The average Bonchev–Trinajstić information content (AvgIpc) is 2.14. The van der Waals surface area contributed by atoms with Crippen LogP contribution < -0.4 is 5.32 Å². The SMILES string of the molecule is CCCCC#CN1CCNCC1. The predicted molar refractivity (Wildman–Crippen MR) is 51.7 cm³/mol. The molecule has 1 fully saturated rings. The van der Waals surface area contributed by atoms with Gasteiger partial charge >= 0.3 is 0 Å². The van der Waals surface area contributed by atoms with Crippen LogP contribution in [0.3, 0.4) is 0 Å². The van der Waals surface area contributed by atoms with E-state index in [0.29, 0.717) is 0 Å². The minimum atomic E-state index is 1.06. The molecule has 0 amide bonds. The molecule has 1 aliphatic heterocycles. The Balaban J connectivity index is 2.13. The van der Waals surface area contributed by atoms with Crippen molar-refractivity contribution in [2.24, 2.45) is 0 Å². The Kier molecular flexibility index (Phi) is 4.63. The number of nitrogens with one attached hydrogen (secondary N) is 1. The normalized spacial score (nSPS) is 16.9. The van der Waals surface area contributed by atoms with Crippen molar-refractivity contribution >= 4 is 0 Å². The molecule has 0 radical (unpaired) electrons. The van der Waals surface area contributed by atoms with Gasteiger partial charge in [-0.3, -0.25) is 0 Å². The van der Waals surface area contributed by atoms with E-state index in [-0.39, 0.29) is 0 Å². The van der Waals surface area contributed by atoms with E-state index < -0.39 is 0 Å². The van der Waals surface area contributed by atoms with Gasteiger partial charge < -0.3 is 10.2 Å². The number of piperazine rings is 1. The molecule has 0 aliphatic carbocycles. The van der Waals surface area contributed by atoms with Gasteiger partial charge in [-0.25, -0.2) is 0 Å². The predicted octanol–water partition coefficient (Wildman–Crippen LogP) is 1.04. The molecule has 12 heavy (non-hydrogen) atoms. The van der Waals surface area contributed by atoms with Crippen LogP contribution in [0, 0.1) is 12.0 Å². The van der Waals surface area contributed by atoms with Gasteiger partial charge in [-0.2, -0.15) is 0 Å². The van der Waals surface area contributed by atoms with Gasteiger partial charge in [0.2, 0.25) is 0 Å². The van der Waals surface area contributed by atoms with Crippen molar-refractivity contribution in [2.45, 2.75) is 26.2 Å². The van der Waals surface area contributed by atoms with E-state index in [9.17, 15) is 0 Å². The smallest absolute Gasteiger partial charge is 0.0386 e. The summed E-state index contributed by atoms with van der Waals surface area (Å²) >= 11 is 0. The maximum atomic E-state index is 3.31. The molecule has 0 aromatic heterocycles. The van der Waals surface area contributed by atoms with Gasteiger partial charge in [0, 0.05) is 38.6 Å². The zero-order valence-electron chi connectivity index (χ0n) is 7.90. The van der Waals surface area contributed by atoms with E-state index in [0.717, 1.165) is 32.6 Å². The lowest BCUT2D eigenvalue weighted by Gasteiger charge is -2.23. The first kappa shape index (κ1) is 9.41. The van der Waals surface area contributed by atoms with Crippen LogP contribution in [0.2, 0.25) is 0 Å². The van der Waals surface area contributed by atoms with Crippen LogP contribution in [0.25, 0.3) is 0 Å². The molecule has 1 rings (SSSR count). The van der Waals surface area contributed by atoms with Crippen molar-refractivity contribution in [1.82, 2.24) is 10.2 Å². The van der Waals surface area contributed by atoms with Crippen LogP contribution in [0.1, 0.15) is 26.2 Å². The largest absolute Gasteiger partial charge is 0.330 e. The minimum absolute atomic E-state index is 1.06. The lowest BCUT2D eigenvalue weighted by Crippen LogP contribution is -2.40. The summed E-state index contributed by atoms with van der Waals surface area (Å²) in [5.41, 5.74) is 0. The number of nitrogens with zero attached hydrogens (tertiary/aromatic N) is 1. The molecule has 1 heterocycles. The molecule has 0 unspecified atom stereocenters. The summed E-state index contributed by atoms with van der Waals surface area (Å²) in [5, 5.41) is 3.31. The molecule has 0 spiro atoms. The van der Waals surface area contributed by atoms with E-state index >= 15 is 0 Å². The van der Waals surface area contributed by atoms with Crippen molar-refractivity contribution in [3.8, 4) is 12.0 Å². The molecule has 68 valence electrons. The molecular formula is C10H18N2. The fourth-order valence-corrected chi connectivity index (χ4v) is 1.21. The highest BCUT2D eigenvalue weighted by atomic mass is 15.2. The molecule has 2 heteroatoms. The fourth-order valence-electron chi connectivity index (χ4n) is 1.21. The summed E-state index contributed by atoms with van der Waals surface area (Å²) in [4.78, 5) is 2.21. The van der Waals surface area contributed by atoms with E-state index in [1.807, 2.05) is 0 Å². The van der Waals surface area contributed by atoms with Crippen LogP contribution >= 0.6 is 0 Å². The van der Waals surface area contributed by atoms with Crippen molar-refractivity contribution in [2.75, 3.05) is 26.2 Å². The van der Waals surface area contributed by atoms with Gasteiger partial charge in [0.25, 0.3) is 0 Å². The zero-order valence-corrected chi connectivity index (χ0v) is 7.90. The molecule has 1 N–H and O–H groups in total. The Morgan fingerprint density at radius 2 is 2.08 bits per heavy atom. The third kappa shape index (κ3) is 3.64. The zero-order chi connectivity index (χ0) is 8.65. The summed E-state index contributed by atoms with van der Waals surface area (Å²) in [5.74, 6) is 3.20. The highest BCUT2D eigenvalue weighted by molar-refractivity contribution is 4.99. The summed E-state index contributed by atoms with van der Waals surface area (Å²) in [6.45, 7) is 6.54. The highest BCUT2D eigenvalue weighted by Gasteiger charge is 2.03. The minimum Gasteiger partial charge on any atom is -0.330 e. The van der Waals surface area contributed by atoms with Gasteiger partial charge in [-0.05, 0) is 6.42 Å². The fraction of sp³-hybridized carbons (Fsp3) is 0.800. The van der Waals surface area contributed by atoms with Gasteiger partial charge in [-0.1, -0.05) is 19.3 Å². The molecule has 1 saturated heterocycles. The van der Waals surface area contributed by atoms with E-state index in [1.54, 1.807) is 0 Å². The van der Waals surface area contributed by atoms with Crippen LogP contribution in [0.5, 0.6) is 0 Å².